The number of aliphatic hydroxyl groups is 1. The van der Waals surface area contributed by atoms with E-state index in [-0.39, 0.29) is 18.4 Å². The van der Waals surface area contributed by atoms with Gasteiger partial charge in [0.2, 0.25) is 5.95 Å². The maximum Gasteiger partial charge on any atom is 0.225 e. The van der Waals surface area contributed by atoms with Crippen LogP contribution in [0.3, 0.4) is 0 Å². The van der Waals surface area contributed by atoms with Gasteiger partial charge in [-0.3, -0.25) is 5.10 Å². The summed E-state index contributed by atoms with van der Waals surface area (Å²) in [6.45, 7) is -0.202. The van der Waals surface area contributed by atoms with Crippen molar-refractivity contribution in [2.45, 2.75) is 24.8 Å². The molecule has 0 radical (unpaired) electrons. The minimum atomic E-state index is -0.478. The number of aliphatic hydroxyl groups excluding tert-OH is 1. The van der Waals surface area contributed by atoms with Crippen molar-refractivity contribution in [1.29, 1.82) is 0 Å². The highest BCUT2D eigenvalue weighted by Gasteiger charge is 2.25. The Hall–Kier alpha value is -3.20. The Labute approximate surface area is 155 Å². The third-order valence-electron chi connectivity index (χ3n) is 4.44. The van der Waals surface area contributed by atoms with E-state index in [1.54, 1.807) is 12.1 Å². The van der Waals surface area contributed by atoms with Crippen LogP contribution in [0.25, 0.3) is 0 Å². The Morgan fingerprint density at radius 2 is 2.07 bits per heavy atom. The van der Waals surface area contributed by atoms with Gasteiger partial charge in [-0.25, -0.2) is 9.37 Å². The lowest BCUT2D eigenvalue weighted by Crippen LogP contribution is -2.17. The van der Waals surface area contributed by atoms with E-state index in [0.717, 1.165) is 11.3 Å². The second kappa shape index (κ2) is 7.20. The molecule has 0 saturated heterocycles. The summed E-state index contributed by atoms with van der Waals surface area (Å²) in [6.07, 6.45) is 3.83. The van der Waals surface area contributed by atoms with E-state index in [9.17, 15) is 9.50 Å². The summed E-state index contributed by atoms with van der Waals surface area (Å²) < 4.78 is 13.1. The number of rotatable bonds is 7. The molecule has 0 bridgehead atoms. The van der Waals surface area contributed by atoms with Crippen LogP contribution in [0, 0.1) is 5.82 Å². The van der Waals surface area contributed by atoms with Gasteiger partial charge in [-0.15, -0.1) is 0 Å². The van der Waals surface area contributed by atoms with E-state index in [1.165, 1.54) is 31.2 Å². The molecule has 4 rings (SSSR count). The normalized spacial score (nSPS) is 14.7. The lowest BCUT2D eigenvalue weighted by atomic mass is 10.1. The van der Waals surface area contributed by atoms with Gasteiger partial charge in [0.1, 0.15) is 5.82 Å². The van der Waals surface area contributed by atoms with Gasteiger partial charge in [0, 0.05) is 17.7 Å². The number of halogens is 1. The van der Waals surface area contributed by atoms with Crippen LogP contribution in [0.4, 0.5) is 27.7 Å². The fourth-order valence-electron chi connectivity index (χ4n) is 2.77. The highest BCUT2D eigenvalue weighted by molar-refractivity contribution is 5.67. The summed E-state index contributed by atoms with van der Waals surface area (Å²) >= 11 is 0. The van der Waals surface area contributed by atoms with Gasteiger partial charge in [-0.1, -0.05) is 12.1 Å². The standard InChI is InChI=1S/C18H20FN7O/c19-12-5-3-11(4-6-12)15(9-27)22-18-21-8-13(20)17(24-18)23-16-7-14(25-26-16)10-1-2-10/h3-8,10,15,27H,1-2,9,20H2,(H3,21,22,23,24,25,26)/t15-/m0/s1. The quantitative estimate of drug-likeness (QED) is 0.433. The SMILES string of the molecule is Nc1cnc(N[C@@H](CO)c2ccc(F)cc2)nc1Nc1cc(C2CC2)[nH]n1. The van der Waals surface area contributed by atoms with Crippen molar-refractivity contribution in [2.75, 3.05) is 23.0 Å². The molecular weight excluding hydrogens is 349 g/mol. The van der Waals surface area contributed by atoms with Crippen LogP contribution in [-0.2, 0) is 0 Å². The molecule has 27 heavy (non-hydrogen) atoms. The number of nitrogens with zero attached hydrogens (tertiary/aromatic N) is 3. The van der Waals surface area contributed by atoms with Gasteiger partial charge in [0.15, 0.2) is 11.6 Å². The first-order valence-corrected chi connectivity index (χ1v) is 8.70. The van der Waals surface area contributed by atoms with Gasteiger partial charge in [-0.2, -0.15) is 10.1 Å². The summed E-state index contributed by atoms with van der Waals surface area (Å²) in [5, 5.41) is 23.0. The zero-order valence-corrected chi connectivity index (χ0v) is 14.5. The Kier molecular flexibility index (Phi) is 4.59. The molecule has 0 unspecified atom stereocenters. The summed E-state index contributed by atoms with van der Waals surface area (Å²) in [7, 11) is 0. The highest BCUT2D eigenvalue weighted by atomic mass is 19.1. The Bertz CT molecular complexity index is 924. The number of hydrogen-bond acceptors (Lipinski definition) is 7. The first-order chi connectivity index (χ1) is 13.1. The molecule has 9 heteroatoms. The highest BCUT2D eigenvalue weighted by Crippen LogP contribution is 2.39. The topological polar surface area (TPSA) is 125 Å². The van der Waals surface area contributed by atoms with E-state index >= 15 is 0 Å². The Morgan fingerprint density at radius 1 is 1.30 bits per heavy atom. The molecule has 140 valence electrons. The van der Waals surface area contributed by atoms with E-state index in [1.807, 2.05) is 6.07 Å². The van der Waals surface area contributed by atoms with Crippen molar-refractivity contribution >= 4 is 23.3 Å². The van der Waals surface area contributed by atoms with Crippen molar-refractivity contribution in [3.63, 3.8) is 0 Å². The van der Waals surface area contributed by atoms with E-state index < -0.39 is 6.04 Å². The number of benzene rings is 1. The van der Waals surface area contributed by atoms with Gasteiger partial charge < -0.3 is 21.5 Å². The average Bonchev–Trinajstić information content (AvgIpc) is 3.42. The number of nitrogens with two attached hydrogens (primary N) is 1. The largest absolute Gasteiger partial charge is 0.394 e. The number of aromatic nitrogens is 4. The van der Waals surface area contributed by atoms with Gasteiger partial charge in [0.05, 0.1) is 24.5 Å². The summed E-state index contributed by atoms with van der Waals surface area (Å²) in [4.78, 5) is 8.52. The molecule has 3 aromatic rings. The monoisotopic (exact) mass is 369 g/mol. The van der Waals surface area contributed by atoms with Crippen molar-refractivity contribution in [3.05, 3.63) is 53.6 Å². The van der Waals surface area contributed by atoms with Crippen LogP contribution < -0.4 is 16.4 Å². The van der Waals surface area contributed by atoms with Crippen LogP contribution in [-0.4, -0.2) is 31.9 Å². The third kappa shape index (κ3) is 3.98. The fraction of sp³-hybridized carbons (Fsp3) is 0.278. The summed E-state index contributed by atoms with van der Waals surface area (Å²) in [5.74, 6) is 1.56. The zero-order chi connectivity index (χ0) is 18.8. The van der Waals surface area contributed by atoms with Crippen LogP contribution in [0.2, 0.25) is 0 Å². The lowest BCUT2D eigenvalue weighted by Gasteiger charge is -2.17. The predicted octanol–water partition coefficient (Wildman–Crippen LogP) is 2.69. The molecule has 1 atom stereocenters. The molecule has 8 nitrogen and oxygen atoms in total. The lowest BCUT2D eigenvalue weighted by molar-refractivity contribution is 0.276. The number of nitrogen functional groups attached to an aromatic ring is 1. The molecular formula is C18H20FN7O. The van der Waals surface area contributed by atoms with Crippen LogP contribution in [0.15, 0.2) is 36.5 Å². The molecule has 1 aromatic carbocycles. The molecule has 0 spiro atoms. The molecule has 1 aliphatic rings. The van der Waals surface area contributed by atoms with Crippen molar-refractivity contribution in [2.24, 2.45) is 0 Å². The average molecular weight is 369 g/mol. The first-order valence-electron chi connectivity index (χ1n) is 8.70. The van der Waals surface area contributed by atoms with Gasteiger partial charge >= 0.3 is 0 Å². The van der Waals surface area contributed by atoms with Crippen LogP contribution in [0.5, 0.6) is 0 Å². The number of anilines is 4. The van der Waals surface area contributed by atoms with Crippen LogP contribution in [0.1, 0.15) is 36.1 Å². The number of aromatic amines is 1. The maximum absolute atomic E-state index is 13.1. The molecule has 6 N–H and O–H groups in total. The molecule has 0 amide bonds. The Balaban J connectivity index is 1.51. The molecule has 0 aliphatic heterocycles. The summed E-state index contributed by atoms with van der Waals surface area (Å²) in [6, 6.07) is 7.35. The zero-order valence-electron chi connectivity index (χ0n) is 14.5. The van der Waals surface area contributed by atoms with Crippen molar-refractivity contribution in [1.82, 2.24) is 20.2 Å². The molecule has 1 saturated carbocycles. The number of H-pyrrole nitrogens is 1. The third-order valence-corrected chi connectivity index (χ3v) is 4.44. The molecule has 1 aliphatic carbocycles. The number of hydrogen-bond donors (Lipinski definition) is 5. The predicted molar refractivity (Wildman–Crippen MR) is 100 cm³/mol. The second-order valence-corrected chi connectivity index (χ2v) is 6.54. The van der Waals surface area contributed by atoms with Gasteiger partial charge in [0.25, 0.3) is 0 Å². The second-order valence-electron chi connectivity index (χ2n) is 6.54. The Morgan fingerprint density at radius 3 is 2.78 bits per heavy atom. The fourth-order valence-corrected chi connectivity index (χ4v) is 2.77. The van der Waals surface area contributed by atoms with E-state index in [4.69, 9.17) is 5.73 Å². The minimum Gasteiger partial charge on any atom is -0.394 e. The molecule has 1 fully saturated rings. The maximum atomic E-state index is 13.1. The minimum absolute atomic E-state index is 0.202. The molecule has 2 heterocycles. The van der Waals surface area contributed by atoms with Crippen molar-refractivity contribution < 1.29 is 9.50 Å². The smallest absolute Gasteiger partial charge is 0.225 e. The first kappa shape index (κ1) is 17.2. The van der Waals surface area contributed by atoms with Crippen molar-refractivity contribution in [3.8, 4) is 0 Å². The van der Waals surface area contributed by atoms with Gasteiger partial charge in [-0.05, 0) is 30.5 Å². The van der Waals surface area contributed by atoms with E-state index in [2.05, 4.69) is 30.8 Å². The van der Waals surface area contributed by atoms with E-state index in [0.29, 0.717) is 23.2 Å². The summed E-state index contributed by atoms with van der Waals surface area (Å²) in [5.41, 5.74) is 8.15. The molecule has 2 aromatic heterocycles. The number of nitrogens with one attached hydrogen (secondary N) is 3. The van der Waals surface area contributed by atoms with Crippen LogP contribution >= 0.6 is 0 Å².